The van der Waals surface area contributed by atoms with Crippen molar-refractivity contribution in [2.24, 2.45) is 0 Å². The van der Waals surface area contributed by atoms with Gasteiger partial charge in [-0.2, -0.15) is 0 Å². The van der Waals surface area contributed by atoms with Crippen LogP contribution >= 0.6 is 0 Å². The lowest BCUT2D eigenvalue weighted by molar-refractivity contribution is 0.0564. The Morgan fingerprint density at radius 2 is 1.84 bits per heavy atom. The molecule has 2 rings (SSSR count). The van der Waals surface area contributed by atoms with E-state index in [4.69, 9.17) is 0 Å². The number of rotatable bonds is 3. The smallest absolute Gasteiger partial charge is 0.183 e. The molecular weight excluding hydrogens is 241 g/mol. The van der Waals surface area contributed by atoms with Crippen LogP contribution in [-0.4, -0.2) is 30.3 Å². The van der Waals surface area contributed by atoms with Gasteiger partial charge in [0.1, 0.15) is 5.82 Å². The maximum Gasteiger partial charge on any atom is 0.183 e. The number of aryl methyl sites for hydroxylation is 1. The maximum absolute atomic E-state index is 13.3. The van der Waals surface area contributed by atoms with E-state index in [9.17, 15) is 9.18 Å². The highest BCUT2D eigenvalue weighted by molar-refractivity contribution is 6.03. The summed E-state index contributed by atoms with van der Waals surface area (Å²) in [5, 5.41) is 0. The first kappa shape index (κ1) is 14.2. The van der Waals surface area contributed by atoms with E-state index in [1.54, 1.807) is 19.1 Å². The van der Waals surface area contributed by atoms with Crippen molar-refractivity contribution in [3.8, 4) is 0 Å². The summed E-state index contributed by atoms with van der Waals surface area (Å²) in [6, 6.07) is 4.69. The van der Waals surface area contributed by atoms with Crippen molar-refractivity contribution in [2.75, 3.05) is 14.1 Å². The fraction of sp³-hybridized carbons (Fsp3) is 0.562. The van der Waals surface area contributed by atoms with Crippen LogP contribution in [0.25, 0.3) is 0 Å². The number of carbonyl (C=O) groups is 1. The van der Waals surface area contributed by atoms with Gasteiger partial charge < -0.3 is 0 Å². The van der Waals surface area contributed by atoms with Crippen LogP contribution in [0, 0.1) is 12.7 Å². The van der Waals surface area contributed by atoms with Crippen molar-refractivity contribution in [1.29, 1.82) is 0 Å². The largest absolute Gasteiger partial charge is 0.297 e. The van der Waals surface area contributed by atoms with E-state index in [2.05, 4.69) is 0 Å². The number of carbonyl (C=O) groups excluding carboxylic acids is 1. The highest BCUT2D eigenvalue weighted by Gasteiger charge is 2.41. The number of ketones is 1. The van der Waals surface area contributed by atoms with Crippen LogP contribution in [0.3, 0.4) is 0 Å². The van der Waals surface area contributed by atoms with Crippen molar-refractivity contribution in [3.05, 3.63) is 35.1 Å². The van der Waals surface area contributed by atoms with E-state index in [1.807, 2.05) is 19.0 Å². The molecule has 1 aromatic carbocycles. The average molecular weight is 263 g/mol. The molecule has 1 aromatic rings. The monoisotopic (exact) mass is 263 g/mol. The zero-order valence-electron chi connectivity index (χ0n) is 12.0. The second-order valence-electron chi connectivity index (χ2n) is 5.78. The van der Waals surface area contributed by atoms with Crippen molar-refractivity contribution >= 4 is 5.78 Å². The molecule has 1 aliphatic carbocycles. The molecule has 0 saturated heterocycles. The van der Waals surface area contributed by atoms with Gasteiger partial charge in [0, 0.05) is 5.56 Å². The van der Waals surface area contributed by atoms with Crippen LogP contribution in [0.5, 0.6) is 0 Å². The molecule has 0 spiro atoms. The molecule has 2 nitrogen and oxygen atoms in total. The molecule has 0 atom stereocenters. The third-order valence-electron chi connectivity index (χ3n) is 4.38. The zero-order chi connectivity index (χ0) is 14.0. The molecule has 104 valence electrons. The van der Waals surface area contributed by atoms with E-state index < -0.39 is 5.54 Å². The summed E-state index contributed by atoms with van der Waals surface area (Å²) in [7, 11) is 3.94. The molecule has 0 aromatic heterocycles. The molecular formula is C16H22FNO. The maximum atomic E-state index is 13.3. The standard InChI is InChI=1S/C16H22FNO/c1-12-11-13(7-8-14(12)17)15(19)16(18(2)3)9-5-4-6-10-16/h7-8,11H,4-6,9-10H2,1-3H3. The van der Waals surface area contributed by atoms with Crippen LogP contribution in [-0.2, 0) is 0 Å². The fourth-order valence-corrected chi connectivity index (χ4v) is 3.07. The Morgan fingerprint density at radius 3 is 2.37 bits per heavy atom. The van der Waals surface area contributed by atoms with Gasteiger partial charge in [0.05, 0.1) is 5.54 Å². The lowest BCUT2D eigenvalue weighted by Crippen LogP contribution is -2.52. The first-order valence-corrected chi connectivity index (χ1v) is 6.96. The Hall–Kier alpha value is -1.22. The lowest BCUT2D eigenvalue weighted by atomic mass is 9.75. The van der Waals surface area contributed by atoms with E-state index in [0.29, 0.717) is 11.1 Å². The molecule has 1 saturated carbocycles. The van der Waals surface area contributed by atoms with Crippen LogP contribution in [0.4, 0.5) is 4.39 Å². The Bertz CT molecular complexity index is 476. The minimum absolute atomic E-state index is 0.139. The molecule has 0 N–H and O–H groups in total. The number of Topliss-reactive ketones (excluding diaryl/α,β-unsaturated/α-hetero) is 1. The molecule has 0 bridgehead atoms. The van der Waals surface area contributed by atoms with Crippen molar-refractivity contribution < 1.29 is 9.18 Å². The van der Waals surface area contributed by atoms with Crippen LogP contribution in [0.1, 0.15) is 48.0 Å². The van der Waals surface area contributed by atoms with E-state index in [0.717, 1.165) is 25.7 Å². The van der Waals surface area contributed by atoms with Gasteiger partial charge in [-0.25, -0.2) is 4.39 Å². The third-order valence-corrected chi connectivity index (χ3v) is 4.38. The Morgan fingerprint density at radius 1 is 1.21 bits per heavy atom. The molecule has 0 aliphatic heterocycles. The molecule has 0 unspecified atom stereocenters. The predicted octanol–water partition coefficient (Wildman–Crippen LogP) is 3.58. The molecule has 0 heterocycles. The van der Waals surface area contributed by atoms with Gasteiger partial charge in [0.15, 0.2) is 5.78 Å². The number of benzene rings is 1. The van der Waals surface area contributed by atoms with Crippen LogP contribution in [0.15, 0.2) is 18.2 Å². The lowest BCUT2D eigenvalue weighted by Gasteiger charge is -2.41. The Labute approximate surface area is 114 Å². The van der Waals surface area contributed by atoms with E-state index in [1.165, 1.54) is 12.5 Å². The topological polar surface area (TPSA) is 20.3 Å². The Kier molecular flexibility index (Phi) is 4.04. The highest BCUT2D eigenvalue weighted by Crippen LogP contribution is 2.35. The Balaban J connectivity index is 2.36. The summed E-state index contributed by atoms with van der Waals surface area (Å²) in [5.74, 6) is -0.112. The SMILES string of the molecule is Cc1cc(C(=O)C2(N(C)C)CCCCC2)ccc1F. The molecule has 3 heteroatoms. The average Bonchev–Trinajstić information content (AvgIpc) is 2.41. The summed E-state index contributed by atoms with van der Waals surface area (Å²) in [4.78, 5) is 14.9. The number of halogens is 1. The second kappa shape index (κ2) is 5.41. The van der Waals surface area contributed by atoms with Crippen LogP contribution < -0.4 is 0 Å². The molecule has 1 fully saturated rings. The van der Waals surface area contributed by atoms with Crippen molar-refractivity contribution in [1.82, 2.24) is 4.90 Å². The van der Waals surface area contributed by atoms with Crippen molar-refractivity contribution in [2.45, 2.75) is 44.6 Å². The number of hydrogen-bond donors (Lipinski definition) is 0. The predicted molar refractivity (Wildman–Crippen MR) is 75.0 cm³/mol. The number of nitrogens with zero attached hydrogens (tertiary/aromatic N) is 1. The quantitative estimate of drug-likeness (QED) is 0.777. The summed E-state index contributed by atoms with van der Waals surface area (Å²) < 4.78 is 13.3. The molecule has 19 heavy (non-hydrogen) atoms. The minimum atomic E-state index is -0.400. The van der Waals surface area contributed by atoms with Crippen molar-refractivity contribution in [3.63, 3.8) is 0 Å². The summed E-state index contributed by atoms with van der Waals surface area (Å²) >= 11 is 0. The zero-order valence-corrected chi connectivity index (χ0v) is 12.0. The normalized spacial score (nSPS) is 18.6. The summed E-state index contributed by atoms with van der Waals surface area (Å²) in [6.07, 6.45) is 5.17. The third kappa shape index (κ3) is 2.57. The molecule has 1 aliphatic rings. The number of hydrogen-bond acceptors (Lipinski definition) is 2. The molecule has 0 radical (unpaired) electrons. The van der Waals surface area contributed by atoms with Gasteiger partial charge in [-0.15, -0.1) is 0 Å². The summed E-state index contributed by atoms with van der Waals surface area (Å²) in [6.45, 7) is 1.70. The van der Waals surface area contributed by atoms with E-state index in [-0.39, 0.29) is 11.6 Å². The van der Waals surface area contributed by atoms with Gasteiger partial charge in [-0.05, 0) is 57.6 Å². The first-order valence-electron chi connectivity index (χ1n) is 6.96. The van der Waals surface area contributed by atoms with E-state index >= 15 is 0 Å². The van der Waals surface area contributed by atoms with Gasteiger partial charge in [-0.3, -0.25) is 9.69 Å². The summed E-state index contributed by atoms with van der Waals surface area (Å²) in [5.41, 5.74) is 0.771. The first-order chi connectivity index (χ1) is 8.97. The van der Waals surface area contributed by atoms with Crippen LogP contribution in [0.2, 0.25) is 0 Å². The van der Waals surface area contributed by atoms with Gasteiger partial charge in [0.2, 0.25) is 0 Å². The fourth-order valence-electron chi connectivity index (χ4n) is 3.07. The van der Waals surface area contributed by atoms with Gasteiger partial charge in [0.25, 0.3) is 0 Å². The highest BCUT2D eigenvalue weighted by atomic mass is 19.1. The second-order valence-corrected chi connectivity index (χ2v) is 5.78. The number of likely N-dealkylation sites (N-methyl/N-ethyl adjacent to an activating group) is 1. The van der Waals surface area contributed by atoms with Gasteiger partial charge >= 0.3 is 0 Å². The van der Waals surface area contributed by atoms with Gasteiger partial charge in [-0.1, -0.05) is 19.3 Å². The minimum Gasteiger partial charge on any atom is -0.297 e. The molecule has 0 amide bonds.